The number of aryl methyl sites for hydroxylation is 1. The van der Waals surface area contributed by atoms with Gasteiger partial charge < -0.3 is 14.7 Å². The maximum Gasteiger partial charge on any atom is 0.303 e. The van der Waals surface area contributed by atoms with Gasteiger partial charge in [-0.15, -0.1) is 0 Å². The van der Waals surface area contributed by atoms with Gasteiger partial charge in [0.05, 0.1) is 17.3 Å². The minimum Gasteiger partial charge on any atom is -0.481 e. The van der Waals surface area contributed by atoms with E-state index < -0.39 is 5.97 Å². The molecule has 0 atom stereocenters. The molecule has 0 aliphatic carbocycles. The molecule has 3 aliphatic heterocycles. The maximum atomic E-state index is 11.1. The van der Waals surface area contributed by atoms with Gasteiger partial charge in [0.25, 0.3) is 0 Å². The molecule has 7 heteroatoms. The van der Waals surface area contributed by atoms with E-state index in [2.05, 4.69) is 106 Å². The van der Waals surface area contributed by atoms with Crippen LogP contribution in [0.3, 0.4) is 0 Å². The van der Waals surface area contributed by atoms with Crippen molar-refractivity contribution in [2.75, 3.05) is 18.0 Å². The van der Waals surface area contributed by atoms with Crippen LogP contribution in [0.4, 0.5) is 5.69 Å². The summed E-state index contributed by atoms with van der Waals surface area (Å²) < 4.78 is 9.35. The summed E-state index contributed by atoms with van der Waals surface area (Å²) >= 11 is 0. The minimum absolute atomic E-state index is 0.109. The molecule has 0 amide bonds. The van der Waals surface area contributed by atoms with E-state index >= 15 is 0 Å². The average molecular weight is 606 g/mol. The van der Waals surface area contributed by atoms with Gasteiger partial charge in [0.15, 0.2) is 5.54 Å². The third-order valence-electron chi connectivity index (χ3n) is 9.64. The highest BCUT2D eigenvalue weighted by molar-refractivity contribution is 5.91. The Hall–Kier alpha value is -4.26. The number of nitrogens with zero attached hydrogens (tertiary/aromatic N) is 4. The molecule has 1 aromatic heterocycles. The third-order valence-corrected chi connectivity index (χ3v) is 9.64. The van der Waals surface area contributed by atoms with Crippen molar-refractivity contribution in [1.29, 1.82) is 0 Å². The first-order valence-corrected chi connectivity index (χ1v) is 16.2. The van der Waals surface area contributed by atoms with Gasteiger partial charge in [-0.1, -0.05) is 6.08 Å². The number of carboxylic acid groups (broad SMARTS) is 1. The lowest BCUT2D eigenvalue weighted by Crippen LogP contribution is -2.50. The number of fused-ring (bicyclic) bond motifs is 4. The maximum absolute atomic E-state index is 11.1. The summed E-state index contributed by atoms with van der Waals surface area (Å²) in [6, 6.07) is 9.02. The number of unbranched alkanes of at least 4 members (excludes halogenated alkanes) is 2. The molecule has 4 heterocycles. The fraction of sp³-hybridized carbons (Fsp3) is 0.421. The third kappa shape index (κ3) is 5.36. The quantitative estimate of drug-likeness (QED) is 0.183. The number of aliphatic carboxylic acids is 1. The molecule has 6 rings (SSSR count). The Morgan fingerprint density at radius 1 is 0.933 bits per heavy atom. The molecule has 234 valence electrons. The smallest absolute Gasteiger partial charge is 0.303 e. The predicted molar refractivity (Wildman–Crippen MR) is 181 cm³/mol. The van der Waals surface area contributed by atoms with Gasteiger partial charge in [-0.3, -0.25) is 4.79 Å². The van der Waals surface area contributed by atoms with Gasteiger partial charge in [-0.25, -0.2) is 14.5 Å². The van der Waals surface area contributed by atoms with Crippen LogP contribution in [0.25, 0.3) is 16.7 Å². The Balaban J connectivity index is 1.61. The predicted octanol–water partition coefficient (Wildman–Crippen LogP) is 6.49. The summed E-state index contributed by atoms with van der Waals surface area (Å²) in [5.41, 5.74) is 9.80. The van der Waals surface area contributed by atoms with E-state index in [0.29, 0.717) is 6.42 Å². The number of aromatic nitrogens is 2. The first-order chi connectivity index (χ1) is 21.3. The summed E-state index contributed by atoms with van der Waals surface area (Å²) in [6.07, 6.45) is 10.9. The molecule has 45 heavy (non-hydrogen) atoms. The van der Waals surface area contributed by atoms with E-state index in [9.17, 15) is 4.79 Å². The molecule has 0 saturated carbocycles. The Morgan fingerprint density at radius 2 is 1.69 bits per heavy atom. The molecule has 0 fully saturated rings. The second-order valence-corrected chi connectivity index (χ2v) is 13.8. The SMILES string of the molecule is CCN1c2cc3c(cc2C(C)=CC1(C)C)C(c1ncncc1C)=c1cc2c(cc1O3)=[N+](CCCCCC(=O)O)C(C)(C)C=C2C. The number of hydrogen-bond acceptors (Lipinski definition) is 5. The van der Waals surface area contributed by atoms with Crippen molar-refractivity contribution >= 4 is 28.4 Å². The number of benzene rings is 2. The molecule has 0 spiro atoms. The first kappa shape index (κ1) is 30.8. The van der Waals surface area contributed by atoms with Crippen LogP contribution in [-0.2, 0) is 4.79 Å². The van der Waals surface area contributed by atoms with Crippen LogP contribution in [0.15, 0.2) is 48.9 Å². The normalized spacial score (nSPS) is 17.4. The van der Waals surface area contributed by atoms with Crippen LogP contribution in [0.2, 0.25) is 0 Å². The van der Waals surface area contributed by atoms with Gasteiger partial charge in [0, 0.05) is 78.7 Å². The molecule has 1 N–H and O–H groups in total. The Labute approximate surface area is 266 Å². The molecule has 0 bridgehead atoms. The number of ether oxygens (including phenoxy) is 1. The van der Waals surface area contributed by atoms with Crippen molar-refractivity contribution in [3.63, 3.8) is 0 Å². The Kier molecular flexibility index (Phi) is 7.70. The number of carbonyl (C=O) groups is 1. The van der Waals surface area contributed by atoms with Crippen LogP contribution in [0, 0.1) is 6.92 Å². The number of rotatable bonds is 8. The molecule has 0 saturated heterocycles. The monoisotopic (exact) mass is 605 g/mol. The topological polar surface area (TPSA) is 78.6 Å². The number of carboxylic acids is 1. The number of anilines is 1. The van der Waals surface area contributed by atoms with Gasteiger partial charge in [-0.05, 0) is 89.3 Å². The fourth-order valence-corrected chi connectivity index (χ4v) is 7.66. The Bertz CT molecular complexity index is 1920. The second kappa shape index (κ2) is 11.3. The van der Waals surface area contributed by atoms with Crippen molar-refractivity contribution in [3.8, 4) is 11.5 Å². The van der Waals surface area contributed by atoms with Crippen molar-refractivity contribution in [1.82, 2.24) is 14.5 Å². The lowest BCUT2D eigenvalue weighted by Gasteiger charge is -2.43. The van der Waals surface area contributed by atoms with Gasteiger partial charge >= 0.3 is 5.97 Å². The van der Waals surface area contributed by atoms with E-state index in [4.69, 9.17) is 14.8 Å². The summed E-state index contributed by atoms with van der Waals surface area (Å²) in [7, 11) is 0. The highest BCUT2D eigenvalue weighted by Gasteiger charge is 2.36. The summed E-state index contributed by atoms with van der Waals surface area (Å²) in [4.78, 5) is 22.6. The number of hydrogen-bond donors (Lipinski definition) is 1. The largest absolute Gasteiger partial charge is 0.481 e. The molecule has 0 radical (unpaired) electrons. The summed E-state index contributed by atoms with van der Waals surface area (Å²) in [5.74, 6) is 0.923. The van der Waals surface area contributed by atoms with Crippen LogP contribution >= 0.6 is 0 Å². The van der Waals surface area contributed by atoms with Gasteiger partial charge in [0.1, 0.15) is 24.4 Å². The van der Waals surface area contributed by atoms with Crippen LogP contribution in [0.1, 0.15) is 102 Å². The van der Waals surface area contributed by atoms with Crippen LogP contribution in [-0.4, -0.2) is 45.2 Å². The molecule has 7 nitrogen and oxygen atoms in total. The molecular weight excluding hydrogens is 560 g/mol. The molecule has 0 unspecified atom stereocenters. The van der Waals surface area contributed by atoms with Crippen molar-refractivity contribution < 1.29 is 14.6 Å². The molecular formula is C38H45N4O3+. The van der Waals surface area contributed by atoms with Crippen LogP contribution < -0.4 is 24.8 Å². The highest BCUT2D eigenvalue weighted by atomic mass is 16.5. The Morgan fingerprint density at radius 3 is 2.40 bits per heavy atom. The zero-order valence-electron chi connectivity index (χ0n) is 27.9. The first-order valence-electron chi connectivity index (χ1n) is 16.2. The van der Waals surface area contributed by atoms with E-state index in [0.717, 1.165) is 70.4 Å². The van der Waals surface area contributed by atoms with E-state index in [1.165, 1.54) is 28.0 Å². The van der Waals surface area contributed by atoms with E-state index in [1.54, 1.807) is 6.33 Å². The zero-order chi connectivity index (χ0) is 32.3. The van der Waals surface area contributed by atoms with Crippen molar-refractivity contribution in [3.05, 3.63) is 87.5 Å². The fourth-order valence-electron chi connectivity index (χ4n) is 7.66. The van der Waals surface area contributed by atoms with Gasteiger partial charge in [0.2, 0.25) is 5.36 Å². The summed E-state index contributed by atoms with van der Waals surface area (Å²) in [6.45, 7) is 19.4. The average Bonchev–Trinajstić information content (AvgIpc) is 2.95. The van der Waals surface area contributed by atoms with Crippen molar-refractivity contribution in [2.45, 2.75) is 92.2 Å². The lowest BCUT2D eigenvalue weighted by molar-refractivity contribution is -0.137. The van der Waals surface area contributed by atoms with E-state index in [-0.39, 0.29) is 17.5 Å². The molecule has 2 aromatic carbocycles. The molecule has 3 aliphatic rings. The standard InChI is InChI=1S/C38H44N4O3/c1-9-41-30-17-32-28(15-26(30)23(2)19-37(41,5)6)35(36-25(4)21-39-22-40-36)29-16-27-24(3)20-38(7,8)42(31(27)18-33(29)45-32)14-12-10-11-13-34(43)44/h15-22H,9-14H2,1-8H3/p+1. The van der Waals surface area contributed by atoms with E-state index in [1.807, 2.05) is 6.20 Å². The zero-order valence-corrected chi connectivity index (χ0v) is 27.9. The molecule has 3 aromatic rings. The van der Waals surface area contributed by atoms with Crippen LogP contribution in [0.5, 0.6) is 11.5 Å². The second-order valence-electron chi connectivity index (χ2n) is 13.8. The van der Waals surface area contributed by atoms with Crippen molar-refractivity contribution in [2.24, 2.45) is 0 Å². The summed E-state index contributed by atoms with van der Waals surface area (Å²) in [5, 5.41) is 11.3. The number of allylic oxidation sites excluding steroid dienone is 2. The number of likely N-dealkylation sites (N-methyl/N-ethyl adjacent to an activating group) is 1. The van der Waals surface area contributed by atoms with Gasteiger partial charge in [-0.2, -0.15) is 0 Å². The lowest BCUT2D eigenvalue weighted by atomic mass is 9.84. The minimum atomic E-state index is -0.731. The highest BCUT2D eigenvalue weighted by Crippen LogP contribution is 2.46.